The molecule has 2 nitrogen and oxygen atoms in total. The van der Waals surface area contributed by atoms with E-state index >= 15 is 0 Å². The van der Waals surface area contributed by atoms with E-state index in [1.807, 2.05) is 12.1 Å². The lowest BCUT2D eigenvalue weighted by atomic mass is 10.0. The summed E-state index contributed by atoms with van der Waals surface area (Å²) in [5.41, 5.74) is 1.24. The third-order valence-electron chi connectivity index (χ3n) is 2.12. The van der Waals surface area contributed by atoms with Crippen molar-refractivity contribution in [3.05, 3.63) is 23.8 Å². The summed E-state index contributed by atoms with van der Waals surface area (Å²) in [6, 6.07) is 5.97. The molecule has 14 heavy (non-hydrogen) atoms. The Labute approximate surface area is 85.8 Å². The molecule has 1 aromatic carbocycles. The summed E-state index contributed by atoms with van der Waals surface area (Å²) < 4.78 is 10.4. The fourth-order valence-corrected chi connectivity index (χ4v) is 1.46. The predicted octanol–water partition coefficient (Wildman–Crippen LogP) is 2.90. The van der Waals surface area contributed by atoms with Gasteiger partial charge in [-0.15, -0.1) is 0 Å². The Morgan fingerprint density at radius 1 is 1.14 bits per heavy atom. The largest absolute Gasteiger partial charge is 0.497 e. The highest BCUT2D eigenvalue weighted by atomic mass is 16.5. The highest BCUT2D eigenvalue weighted by Gasteiger charge is 2.06. The SMILES string of the molecule is COc1ccc(CC(C)C)c(OC)c1. The lowest BCUT2D eigenvalue weighted by Gasteiger charge is -2.11. The van der Waals surface area contributed by atoms with Crippen LogP contribution in [0, 0.1) is 5.92 Å². The van der Waals surface area contributed by atoms with Crippen LogP contribution in [0.2, 0.25) is 0 Å². The molecule has 0 aliphatic heterocycles. The van der Waals surface area contributed by atoms with Crippen LogP contribution in [0.1, 0.15) is 19.4 Å². The summed E-state index contributed by atoms with van der Waals surface area (Å²) in [5.74, 6) is 2.39. The molecule has 0 saturated carbocycles. The van der Waals surface area contributed by atoms with Crippen molar-refractivity contribution in [2.24, 2.45) is 5.92 Å². The minimum atomic E-state index is 0.636. The van der Waals surface area contributed by atoms with Crippen molar-refractivity contribution in [2.45, 2.75) is 20.3 Å². The molecule has 0 bridgehead atoms. The van der Waals surface area contributed by atoms with Crippen molar-refractivity contribution < 1.29 is 9.47 Å². The topological polar surface area (TPSA) is 18.5 Å². The molecule has 0 heterocycles. The van der Waals surface area contributed by atoms with E-state index in [1.165, 1.54) is 5.56 Å². The van der Waals surface area contributed by atoms with E-state index in [1.54, 1.807) is 14.2 Å². The zero-order chi connectivity index (χ0) is 10.6. The molecule has 0 saturated heterocycles. The van der Waals surface area contributed by atoms with Crippen LogP contribution in [0.3, 0.4) is 0 Å². The molecular formula is C12H18O2. The summed E-state index contributed by atoms with van der Waals surface area (Å²) in [7, 11) is 3.36. The van der Waals surface area contributed by atoms with E-state index in [4.69, 9.17) is 9.47 Å². The van der Waals surface area contributed by atoms with Gasteiger partial charge < -0.3 is 9.47 Å². The van der Waals surface area contributed by atoms with Gasteiger partial charge in [0.05, 0.1) is 14.2 Å². The normalized spacial score (nSPS) is 10.4. The second-order valence-corrected chi connectivity index (χ2v) is 3.78. The summed E-state index contributed by atoms with van der Waals surface area (Å²) in [6.45, 7) is 4.40. The minimum Gasteiger partial charge on any atom is -0.497 e. The van der Waals surface area contributed by atoms with E-state index in [0.29, 0.717) is 5.92 Å². The molecule has 0 amide bonds. The van der Waals surface area contributed by atoms with Crippen molar-refractivity contribution in [1.82, 2.24) is 0 Å². The first-order chi connectivity index (χ1) is 6.67. The number of benzene rings is 1. The minimum absolute atomic E-state index is 0.636. The van der Waals surface area contributed by atoms with Crippen molar-refractivity contribution in [3.8, 4) is 11.5 Å². The van der Waals surface area contributed by atoms with Gasteiger partial charge in [-0.2, -0.15) is 0 Å². The maximum absolute atomic E-state index is 5.31. The molecule has 78 valence electrons. The van der Waals surface area contributed by atoms with Gasteiger partial charge in [-0.3, -0.25) is 0 Å². The van der Waals surface area contributed by atoms with Gasteiger partial charge in [-0.25, -0.2) is 0 Å². The highest BCUT2D eigenvalue weighted by Crippen LogP contribution is 2.26. The number of ether oxygens (including phenoxy) is 2. The predicted molar refractivity (Wildman–Crippen MR) is 58.1 cm³/mol. The fourth-order valence-electron chi connectivity index (χ4n) is 1.46. The van der Waals surface area contributed by atoms with Gasteiger partial charge >= 0.3 is 0 Å². The maximum atomic E-state index is 5.31. The Morgan fingerprint density at radius 2 is 1.86 bits per heavy atom. The summed E-state index contributed by atoms with van der Waals surface area (Å²) >= 11 is 0. The number of hydrogen-bond acceptors (Lipinski definition) is 2. The van der Waals surface area contributed by atoms with Gasteiger partial charge in [0.2, 0.25) is 0 Å². The molecule has 2 heteroatoms. The lowest BCUT2D eigenvalue weighted by molar-refractivity contribution is 0.389. The Kier molecular flexibility index (Phi) is 3.81. The van der Waals surface area contributed by atoms with Gasteiger partial charge in [0.1, 0.15) is 11.5 Å². The zero-order valence-electron chi connectivity index (χ0n) is 9.33. The Balaban J connectivity index is 2.93. The van der Waals surface area contributed by atoms with Gasteiger partial charge in [0.25, 0.3) is 0 Å². The fraction of sp³-hybridized carbons (Fsp3) is 0.500. The molecule has 0 aliphatic rings. The number of methoxy groups -OCH3 is 2. The molecule has 0 unspecified atom stereocenters. The molecular weight excluding hydrogens is 176 g/mol. The molecule has 0 radical (unpaired) electrons. The molecule has 0 fully saturated rings. The molecule has 0 atom stereocenters. The first-order valence-corrected chi connectivity index (χ1v) is 4.88. The Bertz CT molecular complexity index is 292. The van der Waals surface area contributed by atoms with E-state index in [9.17, 15) is 0 Å². The van der Waals surface area contributed by atoms with Crippen molar-refractivity contribution in [3.63, 3.8) is 0 Å². The molecule has 0 aromatic heterocycles. The van der Waals surface area contributed by atoms with Gasteiger partial charge in [-0.1, -0.05) is 19.9 Å². The second kappa shape index (κ2) is 4.89. The molecule has 0 N–H and O–H groups in total. The van der Waals surface area contributed by atoms with Crippen LogP contribution in [-0.2, 0) is 6.42 Å². The van der Waals surface area contributed by atoms with Crippen LogP contribution in [-0.4, -0.2) is 14.2 Å². The van der Waals surface area contributed by atoms with E-state index in [2.05, 4.69) is 19.9 Å². The van der Waals surface area contributed by atoms with E-state index < -0.39 is 0 Å². The van der Waals surface area contributed by atoms with Gasteiger partial charge in [0.15, 0.2) is 0 Å². The first kappa shape index (κ1) is 10.9. The molecule has 0 aliphatic carbocycles. The number of hydrogen-bond donors (Lipinski definition) is 0. The average Bonchev–Trinajstić information content (AvgIpc) is 2.17. The van der Waals surface area contributed by atoms with Crippen LogP contribution < -0.4 is 9.47 Å². The second-order valence-electron chi connectivity index (χ2n) is 3.78. The Morgan fingerprint density at radius 3 is 2.36 bits per heavy atom. The Hall–Kier alpha value is -1.18. The van der Waals surface area contributed by atoms with Crippen molar-refractivity contribution >= 4 is 0 Å². The average molecular weight is 194 g/mol. The third kappa shape index (κ3) is 2.66. The quantitative estimate of drug-likeness (QED) is 0.733. The standard InChI is InChI=1S/C12H18O2/c1-9(2)7-10-5-6-11(13-3)8-12(10)14-4/h5-6,8-9H,7H2,1-4H3. The smallest absolute Gasteiger partial charge is 0.125 e. The monoisotopic (exact) mass is 194 g/mol. The van der Waals surface area contributed by atoms with Gasteiger partial charge in [0, 0.05) is 6.07 Å². The summed E-state index contributed by atoms with van der Waals surface area (Å²) in [4.78, 5) is 0. The highest BCUT2D eigenvalue weighted by molar-refractivity contribution is 5.40. The molecule has 1 aromatic rings. The van der Waals surface area contributed by atoms with Crippen LogP contribution in [0.25, 0.3) is 0 Å². The van der Waals surface area contributed by atoms with Crippen LogP contribution in [0.15, 0.2) is 18.2 Å². The third-order valence-corrected chi connectivity index (χ3v) is 2.12. The van der Waals surface area contributed by atoms with Gasteiger partial charge in [-0.05, 0) is 24.0 Å². The summed E-state index contributed by atoms with van der Waals surface area (Å²) in [6.07, 6.45) is 1.03. The van der Waals surface area contributed by atoms with Crippen LogP contribution in [0.5, 0.6) is 11.5 Å². The van der Waals surface area contributed by atoms with E-state index in [-0.39, 0.29) is 0 Å². The van der Waals surface area contributed by atoms with E-state index in [0.717, 1.165) is 17.9 Å². The van der Waals surface area contributed by atoms with Crippen LogP contribution >= 0.6 is 0 Å². The van der Waals surface area contributed by atoms with Crippen LogP contribution in [0.4, 0.5) is 0 Å². The zero-order valence-corrected chi connectivity index (χ0v) is 9.33. The molecule has 1 rings (SSSR count). The maximum Gasteiger partial charge on any atom is 0.125 e. The summed E-state index contributed by atoms with van der Waals surface area (Å²) in [5, 5.41) is 0. The number of rotatable bonds is 4. The lowest BCUT2D eigenvalue weighted by Crippen LogP contribution is -1.98. The molecule has 0 spiro atoms. The van der Waals surface area contributed by atoms with Crippen molar-refractivity contribution in [2.75, 3.05) is 14.2 Å². The first-order valence-electron chi connectivity index (χ1n) is 4.88. The van der Waals surface area contributed by atoms with Crippen molar-refractivity contribution in [1.29, 1.82) is 0 Å².